The van der Waals surface area contributed by atoms with Crippen molar-refractivity contribution in [1.82, 2.24) is 0 Å². The average molecular weight is 327 g/mol. The van der Waals surface area contributed by atoms with Gasteiger partial charge in [0.15, 0.2) is 0 Å². The van der Waals surface area contributed by atoms with Crippen LogP contribution in [-0.4, -0.2) is 5.91 Å². The molecule has 0 atom stereocenters. The summed E-state index contributed by atoms with van der Waals surface area (Å²) in [6, 6.07) is 7.33. The number of halogens is 3. The van der Waals surface area contributed by atoms with Gasteiger partial charge < -0.3 is 11.1 Å². The van der Waals surface area contributed by atoms with E-state index in [0.717, 1.165) is 12.1 Å². The summed E-state index contributed by atoms with van der Waals surface area (Å²) in [7, 11) is 0. The molecule has 0 unspecified atom stereocenters. The van der Waals surface area contributed by atoms with Gasteiger partial charge in [-0.15, -0.1) is 0 Å². The lowest BCUT2D eigenvalue weighted by molar-refractivity contribution is 0.102. The molecule has 0 bridgehead atoms. The molecule has 98 valence electrons. The number of nitrogens with one attached hydrogen (secondary N) is 1. The predicted octanol–water partition coefficient (Wildman–Crippen LogP) is 3.56. The smallest absolute Gasteiger partial charge is 0.256 e. The number of hydrogen-bond donors (Lipinski definition) is 2. The minimum Gasteiger partial charge on any atom is -0.397 e. The molecule has 3 N–H and O–H groups in total. The van der Waals surface area contributed by atoms with Crippen molar-refractivity contribution in [3.05, 3.63) is 58.1 Å². The number of rotatable bonds is 2. The zero-order valence-electron chi connectivity index (χ0n) is 9.58. The molecule has 2 rings (SSSR count). The van der Waals surface area contributed by atoms with Crippen LogP contribution in [0.4, 0.5) is 20.2 Å². The van der Waals surface area contributed by atoms with Crippen LogP contribution in [0, 0.1) is 11.6 Å². The second-order valence-corrected chi connectivity index (χ2v) is 4.66. The number of hydrogen-bond acceptors (Lipinski definition) is 2. The Morgan fingerprint density at radius 1 is 1.11 bits per heavy atom. The maximum atomic E-state index is 13.1. The largest absolute Gasteiger partial charge is 0.397 e. The Kier molecular flexibility index (Phi) is 3.80. The topological polar surface area (TPSA) is 55.1 Å². The fourth-order valence-electron chi connectivity index (χ4n) is 1.50. The van der Waals surface area contributed by atoms with Crippen molar-refractivity contribution in [3.63, 3.8) is 0 Å². The van der Waals surface area contributed by atoms with Gasteiger partial charge in [-0.2, -0.15) is 0 Å². The second-order valence-electron chi connectivity index (χ2n) is 3.81. The number of carbonyl (C=O) groups is 1. The van der Waals surface area contributed by atoms with Gasteiger partial charge in [0.2, 0.25) is 0 Å². The van der Waals surface area contributed by atoms with Crippen LogP contribution in [-0.2, 0) is 0 Å². The molecule has 0 fully saturated rings. The summed E-state index contributed by atoms with van der Waals surface area (Å²) in [5, 5.41) is 2.43. The van der Waals surface area contributed by atoms with Gasteiger partial charge in [-0.05, 0) is 52.3 Å². The van der Waals surface area contributed by atoms with E-state index in [4.69, 9.17) is 5.73 Å². The van der Waals surface area contributed by atoms with E-state index in [1.54, 1.807) is 0 Å². The van der Waals surface area contributed by atoms with E-state index in [-0.39, 0.29) is 16.9 Å². The first-order valence-electron chi connectivity index (χ1n) is 5.29. The third kappa shape index (κ3) is 3.08. The Morgan fingerprint density at radius 3 is 2.47 bits per heavy atom. The molecule has 0 aliphatic rings. The Labute approximate surface area is 116 Å². The molecule has 1 amide bonds. The summed E-state index contributed by atoms with van der Waals surface area (Å²) in [5.41, 5.74) is 6.08. The van der Waals surface area contributed by atoms with Gasteiger partial charge in [-0.25, -0.2) is 8.78 Å². The van der Waals surface area contributed by atoms with Crippen molar-refractivity contribution in [2.45, 2.75) is 0 Å². The molecule has 19 heavy (non-hydrogen) atoms. The van der Waals surface area contributed by atoms with Crippen molar-refractivity contribution in [3.8, 4) is 0 Å². The van der Waals surface area contributed by atoms with Gasteiger partial charge in [-0.1, -0.05) is 0 Å². The van der Waals surface area contributed by atoms with E-state index in [2.05, 4.69) is 21.2 Å². The average Bonchev–Trinajstić information content (AvgIpc) is 2.36. The molecule has 0 heterocycles. The van der Waals surface area contributed by atoms with Crippen LogP contribution in [0.25, 0.3) is 0 Å². The molecule has 6 heteroatoms. The lowest BCUT2D eigenvalue weighted by Crippen LogP contribution is -2.14. The highest BCUT2D eigenvalue weighted by molar-refractivity contribution is 9.10. The van der Waals surface area contributed by atoms with Crippen LogP contribution >= 0.6 is 15.9 Å². The zero-order chi connectivity index (χ0) is 14.0. The van der Waals surface area contributed by atoms with E-state index < -0.39 is 17.5 Å². The minimum atomic E-state index is -0.580. The molecule has 0 aliphatic heterocycles. The normalized spacial score (nSPS) is 10.3. The number of carbonyl (C=O) groups excluding carboxylic acids is 1. The van der Waals surface area contributed by atoms with Crippen LogP contribution in [0.3, 0.4) is 0 Å². The van der Waals surface area contributed by atoms with E-state index >= 15 is 0 Å². The molecular formula is C13H9BrF2N2O. The van der Waals surface area contributed by atoms with Crippen LogP contribution in [0.15, 0.2) is 40.9 Å². The number of nitrogens with two attached hydrogens (primary N) is 1. The Bertz CT molecular complexity index is 647. The summed E-state index contributed by atoms with van der Waals surface area (Å²) in [6.07, 6.45) is 0. The highest BCUT2D eigenvalue weighted by atomic mass is 79.9. The molecule has 0 aromatic heterocycles. The number of amides is 1. The third-order valence-corrected chi connectivity index (χ3v) is 3.13. The number of benzene rings is 2. The second kappa shape index (κ2) is 5.36. The maximum Gasteiger partial charge on any atom is 0.256 e. The van der Waals surface area contributed by atoms with Crippen LogP contribution in [0.1, 0.15) is 10.4 Å². The first-order chi connectivity index (χ1) is 8.97. The predicted molar refractivity (Wildman–Crippen MR) is 72.9 cm³/mol. The molecule has 2 aromatic carbocycles. The lowest BCUT2D eigenvalue weighted by Gasteiger charge is -2.09. The zero-order valence-corrected chi connectivity index (χ0v) is 11.2. The highest BCUT2D eigenvalue weighted by Crippen LogP contribution is 2.23. The first kappa shape index (κ1) is 13.5. The van der Waals surface area contributed by atoms with Crippen LogP contribution in [0.2, 0.25) is 0 Å². The number of nitrogen functional groups attached to an aromatic ring is 1. The fourth-order valence-corrected chi connectivity index (χ4v) is 1.92. The van der Waals surface area contributed by atoms with Crippen molar-refractivity contribution < 1.29 is 13.6 Å². The van der Waals surface area contributed by atoms with Gasteiger partial charge >= 0.3 is 0 Å². The molecule has 0 radical (unpaired) electrons. The summed E-state index contributed by atoms with van der Waals surface area (Å²) in [5.74, 6) is -1.65. The van der Waals surface area contributed by atoms with Gasteiger partial charge in [0, 0.05) is 4.47 Å². The molecule has 0 spiro atoms. The van der Waals surface area contributed by atoms with Crippen molar-refractivity contribution in [1.29, 1.82) is 0 Å². The summed E-state index contributed by atoms with van der Waals surface area (Å²) in [6.45, 7) is 0. The number of anilines is 2. The molecule has 0 saturated heterocycles. The van der Waals surface area contributed by atoms with E-state index in [0.29, 0.717) is 4.47 Å². The standard InChI is InChI=1S/C13H9BrF2N2O/c14-10-3-1-7(15)5-9(10)13(19)18-12-6-8(16)2-4-11(12)17/h1-6H,17H2,(H,18,19). The van der Waals surface area contributed by atoms with E-state index in [9.17, 15) is 13.6 Å². The minimum absolute atomic E-state index is 0.101. The molecule has 3 nitrogen and oxygen atoms in total. The Balaban J connectivity index is 2.30. The van der Waals surface area contributed by atoms with Crippen LogP contribution < -0.4 is 11.1 Å². The monoisotopic (exact) mass is 326 g/mol. The molecule has 2 aromatic rings. The SMILES string of the molecule is Nc1ccc(F)cc1NC(=O)c1cc(F)ccc1Br. The van der Waals surface area contributed by atoms with Crippen molar-refractivity contribution in [2.75, 3.05) is 11.1 Å². The van der Waals surface area contributed by atoms with Gasteiger partial charge in [0.05, 0.1) is 16.9 Å². The van der Waals surface area contributed by atoms with E-state index in [1.165, 1.54) is 24.3 Å². The van der Waals surface area contributed by atoms with Gasteiger partial charge in [-0.3, -0.25) is 4.79 Å². The van der Waals surface area contributed by atoms with Gasteiger partial charge in [0.1, 0.15) is 11.6 Å². The molecule has 0 aliphatic carbocycles. The summed E-state index contributed by atoms with van der Waals surface area (Å²) in [4.78, 5) is 12.0. The maximum absolute atomic E-state index is 13.1. The fraction of sp³-hybridized carbons (Fsp3) is 0. The first-order valence-corrected chi connectivity index (χ1v) is 6.08. The van der Waals surface area contributed by atoms with E-state index in [1.807, 2.05) is 0 Å². The molecule has 0 saturated carbocycles. The van der Waals surface area contributed by atoms with Gasteiger partial charge in [0.25, 0.3) is 5.91 Å². The van der Waals surface area contributed by atoms with Crippen molar-refractivity contribution >= 4 is 33.2 Å². The quantitative estimate of drug-likeness (QED) is 0.829. The summed E-state index contributed by atoms with van der Waals surface area (Å²) >= 11 is 3.14. The Morgan fingerprint density at radius 2 is 1.74 bits per heavy atom. The summed E-state index contributed by atoms with van der Waals surface area (Å²) < 4.78 is 26.6. The Hall–Kier alpha value is -1.95. The van der Waals surface area contributed by atoms with Crippen molar-refractivity contribution in [2.24, 2.45) is 0 Å². The molecular weight excluding hydrogens is 318 g/mol. The lowest BCUT2D eigenvalue weighted by atomic mass is 10.2. The van der Waals surface area contributed by atoms with Crippen LogP contribution in [0.5, 0.6) is 0 Å². The third-order valence-electron chi connectivity index (χ3n) is 2.44. The highest BCUT2D eigenvalue weighted by Gasteiger charge is 2.13.